The summed E-state index contributed by atoms with van der Waals surface area (Å²) in [5.41, 5.74) is -1.62. The van der Waals surface area contributed by atoms with E-state index >= 15 is 0 Å². The second-order valence-corrected chi connectivity index (χ2v) is 4.93. The van der Waals surface area contributed by atoms with E-state index in [9.17, 15) is 13.2 Å². The van der Waals surface area contributed by atoms with Crippen LogP contribution in [0.5, 0.6) is 0 Å². The lowest BCUT2D eigenvalue weighted by Crippen LogP contribution is -2.65. The fourth-order valence-electron chi connectivity index (χ4n) is 3.03. The summed E-state index contributed by atoms with van der Waals surface area (Å²) >= 11 is 0. The van der Waals surface area contributed by atoms with Crippen LogP contribution in [0.3, 0.4) is 0 Å². The van der Waals surface area contributed by atoms with Gasteiger partial charge in [-0.3, -0.25) is 0 Å². The Kier molecular flexibility index (Phi) is 3.18. The lowest BCUT2D eigenvalue weighted by molar-refractivity contribution is -0.219. The summed E-state index contributed by atoms with van der Waals surface area (Å²) in [5, 5.41) is 2.80. The standard InChI is InChI=1S/C11H19F3N2/c1-2-5-15-10(11(12,13)14)4-7-16-6-3-9(10)8-16/h9,15H,2-8H2,1H3. The van der Waals surface area contributed by atoms with Crippen molar-refractivity contribution in [3.05, 3.63) is 0 Å². The maximum atomic E-state index is 13.3. The van der Waals surface area contributed by atoms with Crippen LogP contribution >= 0.6 is 0 Å². The third-order valence-electron chi connectivity index (χ3n) is 3.99. The summed E-state index contributed by atoms with van der Waals surface area (Å²) in [5.74, 6) is -0.257. The molecule has 2 nitrogen and oxygen atoms in total. The van der Waals surface area contributed by atoms with E-state index in [4.69, 9.17) is 0 Å². The molecule has 1 N–H and O–H groups in total. The first-order valence-corrected chi connectivity index (χ1v) is 6.04. The molecule has 2 aliphatic heterocycles. The van der Waals surface area contributed by atoms with Crippen LogP contribution in [0.15, 0.2) is 0 Å². The molecule has 2 heterocycles. The molecule has 0 radical (unpaired) electrons. The van der Waals surface area contributed by atoms with E-state index in [1.165, 1.54) is 0 Å². The zero-order valence-corrected chi connectivity index (χ0v) is 9.61. The van der Waals surface area contributed by atoms with Gasteiger partial charge in [-0.05, 0) is 38.3 Å². The Hall–Kier alpha value is -0.290. The first-order chi connectivity index (χ1) is 7.49. The Morgan fingerprint density at radius 1 is 1.38 bits per heavy atom. The zero-order valence-electron chi connectivity index (χ0n) is 9.61. The van der Waals surface area contributed by atoms with Gasteiger partial charge in [0, 0.05) is 13.1 Å². The molecule has 2 saturated heterocycles. The number of piperidine rings is 1. The summed E-state index contributed by atoms with van der Waals surface area (Å²) in [6.07, 6.45) is -2.49. The average molecular weight is 236 g/mol. The van der Waals surface area contributed by atoms with Crippen molar-refractivity contribution in [2.24, 2.45) is 5.92 Å². The maximum Gasteiger partial charge on any atom is 0.406 e. The summed E-state index contributed by atoms with van der Waals surface area (Å²) in [6, 6.07) is 0. The van der Waals surface area contributed by atoms with Crippen LogP contribution in [0.1, 0.15) is 26.2 Å². The van der Waals surface area contributed by atoms with Crippen LogP contribution in [-0.4, -0.2) is 42.8 Å². The Morgan fingerprint density at radius 2 is 2.12 bits per heavy atom. The van der Waals surface area contributed by atoms with Crippen LogP contribution < -0.4 is 5.32 Å². The van der Waals surface area contributed by atoms with Gasteiger partial charge in [0.05, 0.1) is 0 Å². The minimum Gasteiger partial charge on any atom is -0.303 e. The van der Waals surface area contributed by atoms with E-state index in [-0.39, 0.29) is 12.3 Å². The minimum atomic E-state index is -4.12. The fraction of sp³-hybridized carbons (Fsp3) is 1.00. The Balaban J connectivity index is 2.19. The number of halogens is 3. The Bertz CT molecular complexity index is 254. The number of alkyl halides is 3. The van der Waals surface area contributed by atoms with Crippen LogP contribution in [-0.2, 0) is 0 Å². The number of nitrogens with one attached hydrogen (secondary N) is 1. The predicted octanol–water partition coefficient (Wildman–Crippen LogP) is 2.01. The van der Waals surface area contributed by atoms with E-state index < -0.39 is 11.7 Å². The quantitative estimate of drug-likeness (QED) is 0.806. The number of nitrogens with zero attached hydrogens (tertiary/aromatic N) is 1. The molecule has 3 unspecified atom stereocenters. The molecule has 0 aromatic heterocycles. The van der Waals surface area contributed by atoms with E-state index in [1.807, 2.05) is 6.92 Å². The lowest BCUT2D eigenvalue weighted by Gasteiger charge is -2.44. The van der Waals surface area contributed by atoms with Crippen molar-refractivity contribution in [3.8, 4) is 0 Å². The van der Waals surface area contributed by atoms with E-state index in [1.54, 1.807) is 0 Å². The van der Waals surface area contributed by atoms with Crippen molar-refractivity contribution in [3.63, 3.8) is 0 Å². The molecule has 3 atom stereocenters. The summed E-state index contributed by atoms with van der Waals surface area (Å²) in [4.78, 5) is 2.14. The fourth-order valence-corrected chi connectivity index (χ4v) is 3.03. The zero-order chi connectivity index (χ0) is 11.8. The molecule has 0 spiro atoms. The molecular weight excluding hydrogens is 217 g/mol. The third-order valence-corrected chi connectivity index (χ3v) is 3.99. The Morgan fingerprint density at radius 3 is 2.75 bits per heavy atom. The second-order valence-electron chi connectivity index (χ2n) is 4.93. The third kappa shape index (κ3) is 1.84. The molecule has 16 heavy (non-hydrogen) atoms. The number of rotatable bonds is 3. The SMILES string of the molecule is CCCNC1(C(F)(F)F)CCN2CCC1C2. The lowest BCUT2D eigenvalue weighted by atomic mass is 9.78. The molecule has 0 saturated carbocycles. The van der Waals surface area contributed by atoms with Crippen molar-refractivity contribution >= 4 is 0 Å². The smallest absolute Gasteiger partial charge is 0.303 e. The van der Waals surface area contributed by atoms with Crippen LogP contribution in [0.2, 0.25) is 0 Å². The molecule has 0 aromatic rings. The molecule has 2 rings (SSSR count). The van der Waals surface area contributed by atoms with Gasteiger partial charge in [0.25, 0.3) is 0 Å². The van der Waals surface area contributed by atoms with Gasteiger partial charge < -0.3 is 10.2 Å². The predicted molar refractivity (Wildman–Crippen MR) is 56.2 cm³/mol. The minimum absolute atomic E-state index is 0.209. The van der Waals surface area contributed by atoms with Gasteiger partial charge >= 0.3 is 6.18 Å². The van der Waals surface area contributed by atoms with Gasteiger partial charge in [0.15, 0.2) is 0 Å². The largest absolute Gasteiger partial charge is 0.406 e. The molecule has 5 heteroatoms. The molecule has 2 aliphatic rings. The normalized spacial score (nSPS) is 39.0. The van der Waals surface area contributed by atoms with Crippen molar-refractivity contribution in [2.75, 3.05) is 26.2 Å². The topological polar surface area (TPSA) is 15.3 Å². The van der Waals surface area contributed by atoms with Gasteiger partial charge in [-0.25, -0.2) is 0 Å². The van der Waals surface area contributed by atoms with Gasteiger partial charge in [-0.15, -0.1) is 0 Å². The highest BCUT2D eigenvalue weighted by atomic mass is 19.4. The van der Waals surface area contributed by atoms with Gasteiger partial charge in [-0.1, -0.05) is 6.92 Å². The first-order valence-electron chi connectivity index (χ1n) is 6.04. The van der Waals surface area contributed by atoms with Crippen molar-refractivity contribution < 1.29 is 13.2 Å². The van der Waals surface area contributed by atoms with E-state index in [2.05, 4.69) is 10.2 Å². The number of fused-ring (bicyclic) bond motifs is 2. The van der Waals surface area contributed by atoms with Crippen molar-refractivity contribution in [2.45, 2.75) is 37.9 Å². The first kappa shape index (κ1) is 12.2. The Labute approximate surface area is 94.2 Å². The number of hydrogen-bond donors (Lipinski definition) is 1. The summed E-state index contributed by atoms with van der Waals surface area (Å²) in [6.45, 7) is 4.37. The summed E-state index contributed by atoms with van der Waals surface area (Å²) < 4.78 is 39.9. The highest BCUT2D eigenvalue weighted by molar-refractivity contribution is 5.07. The molecular formula is C11H19F3N2. The van der Waals surface area contributed by atoms with Gasteiger partial charge in [0.2, 0.25) is 0 Å². The average Bonchev–Trinajstić information content (AvgIpc) is 2.60. The molecule has 2 fully saturated rings. The molecule has 94 valence electrons. The van der Waals surface area contributed by atoms with Crippen molar-refractivity contribution in [1.82, 2.24) is 10.2 Å². The van der Waals surface area contributed by atoms with Gasteiger partial charge in [0.1, 0.15) is 5.54 Å². The molecule has 0 aromatic carbocycles. The summed E-state index contributed by atoms with van der Waals surface area (Å²) in [7, 11) is 0. The molecule has 0 amide bonds. The highest BCUT2D eigenvalue weighted by Gasteiger charge is 2.61. The van der Waals surface area contributed by atoms with E-state index in [0.29, 0.717) is 26.1 Å². The second kappa shape index (κ2) is 4.18. The van der Waals surface area contributed by atoms with Crippen LogP contribution in [0.4, 0.5) is 13.2 Å². The monoisotopic (exact) mass is 236 g/mol. The van der Waals surface area contributed by atoms with Gasteiger partial charge in [-0.2, -0.15) is 13.2 Å². The maximum absolute atomic E-state index is 13.3. The molecule has 0 aliphatic carbocycles. The highest BCUT2D eigenvalue weighted by Crippen LogP contribution is 2.45. The molecule has 2 bridgehead atoms. The van der Waals surface area contributed by atoms with Crippen LogP contribution in [0.25, 0.3) is 0 Å². The van der Waals surface area contributed by atoms with Crippen molar-refractivity contribution in [1.29, 1.82) is 0 Å². The van der Waals surface area contributed by atoms with E-state index in [0.717, 1.165) is 13.0 Å². The number of hydrogen-bond acceptors (Lipinski definition) is 2. The van der Waals surface area contributed by atoms with Crippen LogP contribution in [0, 0.1) is 5.92 Å².